The van der Waals surface area contributed by atoms with Gasteiger partial charge in [0.25, 0.3) is 0 Å². The standard InChI is InChI=1S/C9H11.C6H18NSi2.2ClH.Zr/c1-2-5-9-7-3-6-8(9)4-1;1-8(2,3)7-9(4,5)6;;;/h3,6-7H,1-2,4-5H2;1-6H3;2*1H;/q;-1;;;+3/p-2. The van der Waals surface area contributed by atoms with Crippen molar-refractivity contribution in [3.63, 3.8) is 0 Å². The van der Waals surface area contributed by atoms with Crippen molar-refractivity contribution >= 4 is 16.5 Å². The molecule has 0 spiro atoms. The van der Waals surface area contributed by atoms with Crippen LogP contribution in [0.3, 0.4) is 0 Å². The van der Waals surface area contributed by atoms with E-state index < -0.39 is 40.0 Å². The molecular weight excluding hydrogens is 412 g/mol. The van der Waals surface area contributed by atoms with E-state index in [2.05, 4.69) is 53.6 Å². The molecule has 0 aromatic heterocycles. The monoisotopic (exact) mass is 439 g/mol. The summed E-state index contributed by atoms with van der Waals surface area (Å²) >= 11 is -0.486. The molecule has 1 atom stereocenters. The molecule has 0 radical (unpaired) electrons. The molecule has 6 heteroatoms. The van der Waals surface area contributed by atoms with Gasteiger partial charge in [0.05, 0.1) is 0 Å². The molecule has 1 unspecified atom stereocenters. The third kappa shape index (κ3) is 5.72. The summed E-state index contributed by atoms with van der Waals surface area (Å²) in [4.78, 5) is 0. The Morgan fingerprint density at radius 1 is 0.952 bits per heavy atom. The number of hydrogen-bond acceptors (Lipinski definition) is 1. The fourth-order valence-electron chi connectivity index (χ4n) is 3.48. The summed E-state index contributed by atoms with van der Waals surface area (Å²) in [7, 11) is -2.26. The minimum Gasteiger partial charge on any atom is -1.00 e. The van der Waals surface area contributed by atoms with E-state index in [-0.39, 0.29) is 24.8 Å². The van der Waals surface area contributed by atoms with E-state index in [0.717, 1.165) is 3.63 Å². The first-order valence-electron chi connectivity index (χ1n) is 7.66. The molecule has 0 saturated carbocycles. The summed E-state index contributed by atoms with van der Waals surface area (Å²) in [5.74, 6) is 0. The zero-order valence-corrected chi connectivity index (χ0v) is 20.2. The van der Waals surface area contributed by atoms with Crippen molar-refractivity contribution in [3.8, 4) is 0 Å². The number of halogens is 2. The molecule has 2 aliphatic rings. The first kappa shape index (κ1) is 22.3. The minimum absolute atomic E-state index is 0. The van der Waals surface area contributed by atoms with Crippen molar-refractivity contribution in [2.45, 2.75) is 68.6 Å². The molecule has 2 rings (SSSR count). The number of allylic oxidation sites excluding steroid dienone is 4. The predicted molar refractivity (Wildman–Crippen MR) is 86.9 cm³/mol. The van der Waals surface area contributed by atoms with E-state index in [1.165, 1.54) is 25.7 Å². The maximum Gasteiger partial charge on any atom is -1.00 e. The van der Waals surface area contributed by atoms with Crippen LogP contribution in [0.4, 0.5) is 0 Å². The summed E-state index contributed by atoms with van der Waals surface area (Å²) in [6.45, 7) is 15.3. The quantitative estimate of drug-likeness (QED) is 0.516. The van der Waals surface area contributed by atoms with Gasteiger partial charge in [0.1, 0.15) is 0 Å². The SMILES string of the molecule is C[Si](C)(C)[N]([Zr+2][CH]1C=CC2=C1CCCC2)[Si](C)(C)C.[Cl-].[Cl-]. The molecule has 0 bridgehead atoms. The van der Waals surface area contributed by atoms with Gasteiger partial charge in [-0.3, -0.25) is 0 Å². The van der Waals surface area contributed by atoms with Crippen molar-refractivity contribution < 1.29 is 48.3 Å². The van der Waals surface area contributed by atoms with Gasteiger partial charge in [-0.2, -0.15) is 0 Å². The van der Waals surface area contributed by atoms with Crippen LogP contribution >= 0.6 is 0 Å². The van der Waals surface area contributed by atoms with Gasteiger partial charge in [0.2, 0.25) is 0 Å². The second-order valence-electron chi connectivity index (χ2n) is 7.90. The van der Waals surface area contributed by atoms with E-state index in [0.29, 0.717) is 0 Å². The molecule has 120 valence electrons. The van der Waals surface area contributed by atoms with Gasteiger partial charge >= 0.3 is 134 Å². The Bertz CT molecular complexity index is 397. The molecule has 0 amide bonds. The van der Waals surface area contributed by atoms with E-state index in [1.807, 2.05) is 5.57 Å². The van der Waals surface area contributed by atoms with Crippen LogP contribution in [-0.2, 0) is 23.5 Å². The molecule has 0 aliphatic heterocycles. The summed E-state index contributed by atoms with van der Waals surface area (Å²) in [5.41, 5.74) is 3.59. The maximum atomic E-state index is 3.11. The Morgan fingerprint density at radius 2 is 1.48 bits per heavy atom. The van der Waals surface area contributed by atoms with Crippen LogP contribution in [-0.4, -0.2) is 18.6 Å². The van der Waals surface area contributed by atoms with Crippen LogP contribution in [0.15, 0.2) is 23.3 Å². The van der Waals surface area contributed by atoms with Crippen molar-refractivity contribution in [2.75, 3.05) is 0 Å². The number of hydrogen-bond donors (Lipinski definition) is 0. The Kier molecular flexibility index (Phi) is 8.98. The Labute approximate surface area is 158 Å². The van der Waals surface area contributed by atoms with Crippen molar-refractivity contribution in [2.24, 2.45) is 0 Å². The van der Waals surface area contributed by atoms with E-state index in [9.17, 15) is 0 Å². The maximum absolute atomic E-state index is 3.11. The van der Waals surface area contributed by atoms with Gasteiger partial charge in [-0.1, -0.05) is 0 Å². The molecule has 21 heavy (non-hydrogen) atoms. The van der Waals surface area contributed by atoms with Gasteiger partial charge < -0.3 is 24.8 Å². The molecule has 0 fully saturated rings. The second kappa shape index (κ2) is 8.44. The third-order valence-corrected chi connectivity index (χ3v) is 24.8. The zero-order chi connectivity index (χ0) is 14.3. The summed E-state index contributed by atoms with van der Waals surface area (Å²) in [6.07, 6.45) is 10.7. The first-order valence-corrected chi connectivity index (χ1v) is 17.1. The molecule has 0 heterocycles. The molecule has 0 aromatic carbocycles. The predicted octanol–water partition coefficient (Wildman–Crippen LogP) is -0.807. The Morgan fingerprint density at radius 3 is 2.00 bits per heavy atom. The largest absolute Gasteiger partial charge is 1.00 e. The normalized spacial score (nSPS) is 21.6. The fraction of sp³-hybridized carbons (Fsp3) is 0.733. The van der Waals surface area contributed by atoms with Gasteiger partial charge in [-0.15, -0.1) is 0 Å². The van der Waals surface area contributed by atoms with E-state index in [4.69, 9.17) is 0 Å². The van der Waals surface area contributed by atoms with Gasteiger partial charge in [-0.05, 0) is 0 Å². The summed E-state index contributed by atoms with van der Waals surface area (Å²) in [5, 5.41) is 0. The first-order chi connectivity index (χ1) is 8.69. The average Bonchev–Trinajstić information content (AvgIpc) is 2.66. The topological polar surface area (TPSA) is 3.24 Å². The van der Waals surface area contributed by atoms with Crippen LogP contribution < -0.4 is 24.8 Å². The average molecular weight is 442 g/mol. The fourth-order valence-corrected chi connectivity index (χ4v) is 22.0. The third-order valence-electron chi connectivity index (χ3n) is 4.03. The van der Waals surface area contributed by atoms with E-state index in [1.54, 1.807) is 5.57 Å². The molecule has 1 nitrogen and oxygen atoms in total. The summed E-state index contributed by atoms with van der Waals surface area (Å²) in [6, 6.07) is 0. The molecule has 2 aliphatic carbocycles. The summed E-state index contributed by atoms with van der Waals surface area (Å²) < 4.78 is 4.01. The van der Waals surface area contributed by atoms with Crippen LogP contribution in [0.1, 0.15) is 25.7 Å². The molecule has 0 aromatic rings. The van der Waals surface area contributed by atoms with E-state index >= 15 is 0 Å². The Hall–Kier alpha value is 1.34. The van der Waals surface area contributed by atoms with Crippen LogP contribution in [0.2, 0.25) is 42.9 Å². The number of nitrogens with zero attached hydrogens (tertiary/aromatic N) is 1. The number of rotatable bonds is 4. The smallest absolute Gasteiger partial charge is 1.00 e. The van der Waals surface area contributed by atoms with Gasteiger partial charge in [0.15, 0.2) is 0 Å². The molecule has 0 saturated heterocycles. The van der Waals surface area contributed by atoms with Gasteiger partial charge in [0, 0.05) is 0 Å². The van der Waals surface area contributed by atoms with Crippen molar-refractivity contribution in [3.05, 3.63) is 23.3 Å². The second-order valence-corrected chi connectivity index (χ2v) is 23.4. The van der Waals surface area contributed by atoms with Crippen molar-refractivity contribution in [1.82, 2.24) is 2.17 Å². The van der Waals surface area contributed by atoms with Crippen LogP contribution in [0.25, 0.3) is 0 Å². The molecule has 0 N–H and O–H groups in total. The van der Waals surface area contributed by atoms with Gasteiger partial charge in [-0.25, -0.2) is 0 Å². The Balaban J connectivity index is 0.00000200. The van der Waals surface area contributed by atoms with Crippen LogP contribution in [0.5, 0.6) is 0 Å². The molecular formula is C15H29Cl2NSi2Zr. The minimum atomic E-state index is -1.13. The van der Waals surface area contributed by atoms with Crippen LogP contribution in [0, 0.1) is 0 Å². The van der Waals surface area contributed by atoms with Crippen molar-refractivity contribution in [1.29, 1.82) is 0 Å². The zero-order valence-electron chi connectivity index (χ0n) is 14.3.